The summed E-state index contributed by atoms with van der Waals surface area (Å²) in [4.78, 5) is 12.0. The SMILES string of the molecule is COc1cc(OC)c(NC(=O)[C@H]2CCCO2)cc1Cl. The van der Waals surface area contributed by atoms with Gasteiger partial charge in [0.05, 0.1) is 24.9 Å². The van der Waals surface area contributed by atoms with Crippen LogP contribution in [0, 0.1) is 0 Å². The van der Waals surface area contributed by atoms with Gasteiger partial charge in [0.1, 0.15) is 17.6 Å². The van der Waals surface area contributed by atoms with Gasteiger partial charge in [0, 0.05) is 12.7 Å². The minimum atomic E-state index is -0.398. The summed E-state index contributed by atoms with van der Waals surface area (Å²) in [5, 5.41) is 3.17. The Labute approximate surface area is 116 Å². The van der Waals surface area contributed by atoms with Gasteiger partial charge in [-0.1, -0.05) is 11.6 Å². The molecule has 0 spiro atoms. The molecule has 0 saturated carbocycles. The largest absolute Gasteiger partial charge is 0.495 e. The second kappa shape index (κ2) is 6.12. The molecule has 1 amide bonds. The van der Waals surface area contributed by atoms with Crippen LogP contribution < -0.4 is 14.8 Å². The molecule has 1 N–H and O–H groups in total. The second-order valence-electron chi connectivity index (χ2n) is 4.18. The van der Waals surface area contributed by atoms with Crippen molar-refractivity contribution in [3.8, 4) is 11.5 Å². The lowest BCUT2D eigenvalue weighted by Crippen LogP contribution is -2.27. The zero-order valence-corrected chi connectivity index (χ0v) is 11.6. The molecule has 1 aromatic carbocycles. The van der Waals surface area contributed by atoms with Gasteiger partial charge in [-0.3, -0.25) is 4.79 Å². The van der Waals surface area contributed by atoms with Crippen LogP contribution >= 0.6 is 11.6 Å². The van der Waals surface area contributed by atoms with E-state index in [2.05, 4.69) is 5.32 Å². The highest BCUT2D eigenvalue weighted by atomic mass is 35.5. The monoisotopic (exact) mass is 285 g/mol. The number of hydrogen-bond acceptors (Lipinski definition) is 4. The van der Waals surface area contributed by atoms with Crippen LogP contribution in [0.15, 0.2) is 12.1 Å². The molecule has 1 aliphatic rings. The highest BCUT2D eigenvalue weighted by molar-refractivity contribution is 6.32. The summed E-state index contributed by atoms with van der Waals surface area (Å²) in [7, 11) is 3.04. The van der Waals surface area contributed by atoms with Gasteiger partial charge in [-0.15, -0.1) is 0 Å². The van der Waals surface area contributed by atoms with E-state index in [4.69, 9.17) is 25.8 Å². The fourth-order valence-electron chi connectivity index (χ4n) is 1.96. The molecule has 5 nitrogen and oxygen atoms in total. The Morgan fingerprint density at radius 3 is 2.68 bits per heavy atom. The molecule has 0 aliphatic carbocycles. The van der Waals surface area contributed by atoms with Gasteiger partial charge in [-0.05, 0) is 18.9 Å². The van der Waals surface area contributed by atoms with Gasteiger partial charge in [0.15, 0.2) is 0 Å². The zero-order chi connectivity index (χ0) is 13.8. The summed E-state index contributed by atoms with van der Waals surface area (Å²) in [5.41, 5.74) is 0.508. The van der Waals surface area contributed by atoms with Crippen molar-refractivity contribution in [1.29, 1.82) is 0 Å². The van der Waals surface area contributed by atoms with Gasteiger partial charge in [-0.2, -0.15) is 0 Å². The fraction of sp³-hybridized carbons (Fsp3) is 0.462. The van der Waals surface area contributed by atoms with E-state index < -0.39 is 6.10 Å². The maximum Gasteiger partial charge on any atom is 0.253 e. The molecule has 0 unspecified atom stereocenters. The van der Waals surface area contributed by atoms with Crippen molar-refractivity contribution >= 4 is 23.2 Å². The molecule has 1 aromatic rings. The van der Waals surface area contributed by atoms with Crippen molar-refractivity contribution in [3.05, 3.63) is 17.2 Å². The molecule has 1 saturated heterocycles. The van der Waals surface area contributed by atoms with Crippen LogP contribution in [0.2, 0.25) is 5.02 Å². The first-order valence-electron chi connectivity index (χ1n) is 5.99. The Morgan fingerprint density at radius 1 is 1.37 bits per heavy atom. The maximum atomic E-state index is 12.0. The first-order valence-corrected chi connectivity index (χ1v) is 6.37. The number of amides is 1. The Bertz CT molecular complexity index is 472. The molecule has 104 valence electrons. The Morgan fingerprint density at radius 2 is 2.11 bits per heavy atom. The fourth-order valence-corrected chi connectivity index (χ4v) is 2.20. The number of benzene rings is 1. The third-order valence-corrected chi connectivity index (χ3v) is 3.25. The zero-order valence-electron chi connectivity index (χ0n) is 10.9. The van der Waals surface area contributed by atoms with Gasteiger partial charge in [0.25, 0.3) is 5.91 Å². The quantitative estimate of drug-likeness (QED) is 0.923. The highest BCUT2D eigenvalue weighted by Crippen LogP contribution is 2.36. The van der Waals surface area contributed by atoms with Gasteiger partial charge < -0.3 is 19.5 Å². The summed E-state index contributed by atoms with van der Waals surface area (Å²) in [6, 6.07) is 3.24. The number of nitrogens with one attached hydrogen (secondary N) is 1. The molecule has 0 bridgehead atoms. The Hall–Kier alpha value is -1.46. The van der Waals surface area contributed by atoms with Crippen molar-refractivity contribution in [2.75, 3.05) is 26.1 Å². The van der Waals surface area contributed by atoms with Crippen molar-refractivity contribution < 1.29 is 19.0 Å². The summed E-state index contributed by atoms with van der Waals surface area (Å²) in [6.45, 7) is 0.624. The topological polar surface area (TPSA) is 56.8 Å². The lowest BCUT2D eigenvalue weighted by Gasteiger charge is -2.15. The maximum absolute atomic E-state index is 12.0. The number of methoxy groups -OCH3 is 2. The number of hydrogen-bond donors (Lipinski definition) is 1. The van der Waals surface area contributed by atoms with Crippen LogP contribution in [-0.4, -0.2) is 32.8 Å². The number of carbonyl (C=O) groups is 1. The second-order valence-corrected chi connectivity index (χ2v) is 4.59. The Balaban J connectivity index is 2.18. The summed E-state index contributed by atoms with van der Waals surface area (Å²) >= 11 is 6.04. The predicted octanol–water partition coefficient (Wildman–Crippen LogP) is 2.47. The molecule has 0 aromatic heterocycles. The molecule has 1 fully saturated rings. The molecule has 2 rings (SSSR count). The van der Waals surface area contributed by atoms with Crippen LogP contribution in [0.5, 0.6) is 11.5 Å². The van der Waals surface area contributed by atoms with Crippen LogP contribution in [0.25, 0.3) is 0 Å². The smallest absolute Gasteiger partial charge is 0.253 e. The van der Waals surface area contributed by atoms with Crippen molar-refractivity contribution in [2.24, 2.45) is 0 Å². The number of anilines is 1. The first kappa shape index (κ1) is 14.0. The van der Waals surface area contributed by atoms with E-state index in [1.807, 2.05) is 0 Å². The molecular formula is C13H16ClNO4. The van der Waals surface area contributed by atoms with E-state index in [1.165, 1.54) is 14.2 Å². The van der Waals surface area contributed by atoms with Crippen molar-refractivity contribution in [3.63, 3.8) is 0 Å². The van der Waals surface area contributed by atoms with Gasteiger partial charge >= 0.3 is 0 Å². The highest BCUT2D eigenvalue weighted by Gasteiger charge is 2.24. The molecule has 1 heterocycles. The van der Waals surface area contributed by atoms with E-state index >= 15 is 0 Å². The molecule has 19 heavy (non-hydrogen) atoms. The lowest BCUT2D eigenvalue weighted by molar-refractivity contribution is -0.124. The number of ether oxygens (including phenoxy) is 3. The van der Waals surface area contributed by atoms with E-state index in [9.17, 15) is 4.79 Å². The summed E-state index contributed by atoms with van der Waals surface area (Å²) in [6.07, 6.45) is 1.24. The van der Waals surface area contributed by atoms with Crippen molar-refractivity contribution in [2.45, 2.75) is 18.9 Å². The predicted molar refractivity (Wildman–Crippen MR) is 72.2 cm³/mol. The lowest BCUT2D eigenvalue weighted by atomic mass is 10.2. The molecular weight excluding hydrogens is 270 g/mol. The van der Waals surface area contributed by atoms with E-state index in [1.54, 1.807) is 12.1 Å². The van der Waals surface area contributed by atoms with Crippen LogP contribution in [0.4, 0.5) is 5.69 Å². The summed E-state index contributed by atoms with van der Waals surface area (Å²) < 4.78 is 15.6. The third kappa shape index (κ3) is 3.11. The molecule has 1 atom stereocenters. The van der Waals surface area contributed by atoms with E-state index in [0.717, 1.165) is 12.8 Å². The summed E-state index contributed by atoms with van der Waals surface area (Å²) in [5.74, 6) is 0.804. The van der Waals surface area contributed by atoms with Crippen molar-refractivity contribution in [1.82, 2.24) is 0 Å². The Kier molecular flexibility index (Phi) is 4.50. The molecule has 6 heteroatoms. The normalized spacial score (nSPS) is 18.2. The van der Waals surface area contributed by atoms with Crippen LogP contribution in [0.3, 0.4) is 0 Å². The van der Waals surface area contributed by atoms with Crippen LogP contribution in [0.1, 0.15) is 12.8 Å². The van der Waals surface area contributed by atoms with Gasteiger partial charge in [0.2, 0.25) is 0 Å². The average molecular weight is 286 g/mol. The van der Waals surface area contributed by atoms with E-state index in [-0.39, 0.29) is 5.91 Å². The minimum absolute atomic E-state index is 0.183. The molecule has 1 aliphatic heterocycles. The number of carbonyl (C=O) groups excluding carboxylic acids is 1. The number of halogens is 1. The first-order chi connectivity index (χ1) is 9.15. The molecule has 0 radical (unpaired) electrons. The van der Waals surface area contributed by atoms with E-state index in [0.29, 0.717) is 28.8 Å². The van der Waals surface area contributed by atoms with Crippen LogP contribution in [-0.2, 0) is 9.53 Å². The minimum Gasteiger partial charge on any atom is -0.495 e. The average Bonchev–Trinajstić information content (AvgIpc) is 2.93. The standard InChI is InChI=1S/C13H16ClNO4/c1-17-11-7-12(18-2)9(6-8(11)14)15-13(16)10-4-3-5-19-10/h6-7,10H,3-5H2,1-2H3,(H,15,16)/t10-/m1/s1. The number of rotatable bonds is 4. The van der Waals surface area contributed by atoms with Gasteiger partial charge in [-0.25, -0.2) is 0 Å². The third-order valence-electron chi connectivity index (χ3n) is 2.95.